The molecule has 1 aliphatic rings. The number of halogens is 1. The third-order valence-electron chi connectivity index (χ3n) is 3.63. The van der Waals surface area contributed by atoms with Gasteiger partial charge in [-0.05, 0) is 48.4 Å². The van der Waals surface area contributed by atoms with Crippen LogP contribution in [0.5, 0.6) is 0 Å². The van der Waals surface area contributed by atoms with Gasteiger partial charge >= 0.3 is 0 Å². The lowest BCUT2D eigenvalue weighted by molar-refractivity contribution is 0.00348. The van der Waals surface area contributed by atoms with Gasteiger partial charge < -0.3 is 10.5 Å². The molecule has 1 unspecified atom stereocenters. The van der Waals surface area contributed by atoms with Crippen LogP contribution in [0.1, 0.15) is 19.8 Å². The molecule has 2 heterocycles. The number of aromatic nitrogens is 4. The fraction of sp³-hybridized carbons (Fsp3) is 0.462. The minimum Gasteiger partial charge on any atom is -0.399 e. The lowest BCUT2D eigenvalue weighted by atomic mass is 9.94. The monoisotopic (exact) mass is 293 g/mol. The van der Waals surface area contributed by atoms with E-state index < -0.39 is 0 Å². The predicted octanol–water partition coefficient (Wildman–Crippen LogP) is 2.10. The minimum absolute atomic E-state index is 0.259. The van der Waals surface area contributed by atoms with Crippen molar-refractivity contribution >= 4 is 17.3 Å². The van der Waals surface area contributed by atoms with Crippen LogP contribution in [0.2, 0.25) is 5.02 Å². The summed E-state index contributed by atoms with van der Waals surface area (Å²) >= 11 is 6.25. The second-order valence-corrected chi connectivity index (χ2v) is 5.71. The van der Waals surface area contributed by atoms with Gasteiger partial charge in [0, 0.05) is 17.9 Å². The van der Waals surface area contributed by atoms with E-state index in [0.29, 0.717) is 23.1 Å². The maximum atomic E-state index is 6.25. The third kappa shape index (κ3) is 2.25. The fourth-order valence-corrected chi connectivity index (χ4v) is 2.72. The first-order chi connectivity index (χ1) is 9.60. The molecule has 2 N–H and O–H groups in total. The van der Waals surface area contributed by atoms with E-state index in [1.807, 2.05) is 0 Å². The van der Waals surface area contributed by atoms with Crippen molar-refractivity contribution in [1.82, 2.24) is 20.2 Å². The summed E-state index contributed by atoms with van der Waals surface area (Å²) in [6.07, 6.45) is 1.95. The third-order valence-corrected chi connectivity index (χ3v) is 3.96. The standard InChI is InChI=1S/C13H16ClN5O/c1-13(5-2-6-20-8-13)19-12(16-17-18-19)10-7-9(15)3-4-11(10)14/h3-4,7H,2,5-6,8,15H2,1H3. The molecular formula is C13H16ClN5O. The summed E-state index contributed by atoms with van der Waals surface area (Å²) in [5.74, 6) is 0.621. The van der Waals surface area contributed by atoms with Crippen molar-refractivity contribution in [3.05, 3.63) is 23.2 Å². The summed E-state index contributed by atoms with van der Waals surface area (Å²) in [4.78, 5) is 0. The first kappa shape index (κ1) is 13.3. The van der Waals surface area contributed by atoms with Crippen LogP contribution in [-0.4, -0.2) is 33.4 Å². The zero-order valence-corrected chi connectivity index (χ0v) is 12.0. The summed E-state index contributed by atoms with van der Waals surface area (Å²) in [6, 6.07) is 5.30. The Morgan fingerprint density at radius 2 is 2.30 bits per heavy atom. The molecular weight excluding hydrogens is 278 g/mol. The molecule has 6 nitrogen and oxygen atoms in total. The SMILES string of the molecule is CC1(n2nnnc2-c2cc(N)ccc2Cl)CCCOC1. The summed E-state index contributed by atoms with van der Waals surface area (Å²) in [5, 5.41) is 12.6. The van der Waals surface area contributed by atoms with Crippen molar-refractivity contribution < 1.29 is 4.74 Å². The maximum absolute atomic E-state index is 6.25. The summed E-state index contributed by atoms with van der Waals surface area (Å²) < 4.78 is 7.38. The van der Waals surface area contributed by atoms with Crippen LogP contribution in [-0.2, 0) is 10.3 Å². The van der Waals surface area contributed by atoms with Gasteiger partial charge in [0.15, 0.2) is 5.82 Å². The average molecular weight is 294 g/mol. The van der Waals surface area contributed by atoms with Gasteiger partial charge in [0.25, 0.3) is 0 Å². The van der Waals surface area contributed by atoms with Crippen molar-refractivity contribution in [2.75, 3.05) is 18.9 Å². The number of anilines is 1. The Labute approximate surface area is 121 Å². The van der Waals surface area contributed by atoms with Crippen molar-refractivity contribution in [3.8, 4) is 11.4 Å². The Morgan fingerprint density at radius 1 is 1.45 bits per heavy atom. The number of benzene rings is 1. The van der Waals surface area contributed by atoms with Gasteiger partial charge in [0.1, 0.15) is 0 Å². The van der Waals surface area contributed by atoms with Crippen LogP contribution in [0, 0.1) is 0 Å². The molecule has 1 aromatic heterocycles. The van der Waals surface area contributed by atoms with Crippen LogP contribution in [0.25, 0.3) is 11.4 Å². The number of rotatable bonds is 2. The van der Waals surface area contributed by atoms with Crippen LogP contribution >= 0.6 is 11.6 Å². The summed E-state index contributed by atoms with van der Waals surface area (Å²) in [7, 11) is 0. The zero-order chi connectivity index (χ0) is 14.2. The van der Waals surface area contributed by atoms with E-state index in [1.54, 1.807) is 22.9 Å². The highest BCUT2D eigenvalue weighted by atomic mass is 35.5. The van der Waals surface area contributed by atoms with E-state index in [9.17, 15) is 0 Å². The second kappa shape index (κ2) is 5.03. The lowest BCUT2D eigenvalue weighted by Crippen LogP contribution is -2.40. The van der Waals surface area contributed by atoms with Crippen LogP contribution in [0.4, 0.5) is 5.69 Å². The van der Waals surface area contributed by atoms with E-state index in [2.05, 4.69) is 22.4 Å². The maximum Gasteiger partial charge on any atom is 0.184 e. The van der Waals surface area contributed by atoms with Gasteiger partial charge in [-0.1, -0.05) is 11.6 Å². The number of ether oxygens (including phenoxy) is 1. The van der Waals surface area contributed by atoms with Crippen molar-refractivity contribution in [1.29, 1.82) is 0 Å². The lowest BCUT2D eigenvalue weighted by Gasteiger charge is -2.33. The van der Waals surface area contributed by atoms with Gasteiger partial charge in [0.05, 0.1) is 17.2 Å². The zero-order valence-electron chi connectivity index (χ0n) is 11.2. The van der Waals surface area contributed by atoms with Crippen LogP contribution in [0.15, 0.2) is 18.2 Å². The highest BCUT2D eigenvalue weighted by Gasteiger charge is 2.34. The Morgan fingerprint density at radius 3 is 3.05 bits per heavy atom. The molecule has 7 heteroatoms. The Hall–Kier alpha value is -1.66. The average Bonchev–Trinajstić information content (AvgIpc) is 2.92. The Balaban J connectivity index is 2.08. The van der Waals surface area contributed by atoms with Gasteiger partial charge in [-0.2, -0.15) is 0 Å². The van der Waals surface area contributed by atoms with Crippen molar-refractivity contribution in [2.45, 2.75) is 25.3 Å². The smallest absolute Gasteiger partial charge is 0.184 e. The normalized spacial score (nSPS) is 22.9. The van der Waals surface area contributed by atoms with Gasteiger partial charge in [-0.3, -0.25) is 0 Å². The Kier molecular flexibility index (Phi) is 3.35. The molecule has 1 aliphatic heterocycles. The summed E-state index contributed by atoms with van der Waals surface area (Å²) in [6.45, 7) is 3.46. The van der Waals surface area contributed by atoms with E-state index in [0.717, 1.165) is 25.0 Å². The molecule has 0 aliphatic carbocycles. The molecule has 20 heavy (non-hydrogen) atoms. The first-order valence-corrected chi connectivity index (χ1v) is 6.90. The molecule has 0 amide bonds. The van der Waals surface area contributed by atoms with E-state index >= 15 is 0 Å². The topological polar surface area (TPSA) is 78.9 Å². The molecule has 0 radical (unpaired) electrons. The van der Waals surface area contributed by atoms with E-state index in [4.69, 9.17) is 22.1 Å². The molecule has 0 saturated carbocycles. The largest absolute Gasteiger partial charge is 0.399 e. The number of nitrogens with zero attached hydrogens (tertiary/aromatic N) is 4. The van der Waals surface area contributed by atoms with Crippen molar-refractivity contribution in [3.63, 3.8) is 0 Å². The minimum atomic E-state index is -0.259. The van der Waals surface area contributed by atoms with E-state index in [1.165, 1.54) is 0 Å². The Bertz CT molecular complexity index is 621. The molecule has 2 aromatic rings. The molecule has 1 aromatic carbocycles. The molecule has 0 bridgehead atoms. The number of tetrazole rings is 1. The molecule has 1 saturated heterocycles. The first-order valence-electron chi connectivity index (χ1n) is 6.52. The number of nitrogen functional groups attached to an aromatic ring is 1. The van der Waals surface area contributed by atoms with Crippen LogP contribution < -0.4 is 5.73 Å². The van der Waals surface area contributed by atoms with Gasteiger partial charge in [-0.25, -0.2) is 4.68 Å². The molecule has 3 rings (SSSR count). The molecule has 0 spiro atoms. The van der Waals surface area contributed by atoms with E-state index in [-0.39, 0.29) is 5.54 Å². The number of nitrogens with two attached hydrogens (primary N) is 1. The molecule has 1 atom stereocenters. The quantitative estimate of drug-likeness (QED) is 0.858. The second-order valence-electron chi connectivity index (χ2n) is 5.31. The molecule has 106 valence electrons. The number of hydrogen-bond acceptors (Lipinski definition) is 5. The van der Waals surface area contributed by atoms with Crippen molar-refractivity contribution in [2.24, 2.45) is 0 Å². The highest BCUT2D eigenvalue weighted by molar-refractivity contribution is 6.33. The van der Waals surface area contributed by atoms with Gasteiger partial charge in [0.2, 0.25) is 0 Å². The van der Waals surface area contributed by atoms with Gasteiger partial charge in [-0.15, -0.1) is 5.10 Å². The highest BCUT2D eigenvalue weighted by Crippen LogP contribution is 2.33. The van der Waals surface area contributed by atoms with Crippen LogP contribution in [0.3, 0.4) is 0 Å². The number of hydrogen-bond donors (Lipinski definition) is 1. The predicted molar refractivity (Wildman–Crippen MR) is 76.4 cm³/mol. The summed E-state index contributed by atoms with van der Waals surface area (Å²) in [5.41, 5.74) is 6.94. The fourth-order valence-electron chi connectivity index (χ4n) is 2.52. The molecule has 1 fully saturated rings.